The summed E-state index contributed by atoms with van der Waals surface area (Å²) in [4.78, 5) is 18.4. The monoisotopic (exact) mass is 377 g/mol. The smallest absolute Gasteiger partial charge is 0.225 e. The fourth-order valence-corrected chi connectivity index (χ4v) is 3.26. The van der Waals surface area contributed by atoms with Crippen molar-refractivity contribution in [1.29, 1.82) is 0 Å². The highest BCUT2D eigenvalue weighted by Gasteiger charge is 2.21. The summed E-state index contributed by atoms with van der Waals surface area (Å²) in [5.41, 5.74) is 0.828. The van der Waals surface area contributed by atoms with Gasteiger partial charge in [0.25, 0.3) is 0 Å². The van der Waals surface area contributed by atoms with Crippen molar-refractivity contribution in [2.45, 2.75) is 25.3 Å². The molecule has 1 aromatic carbocycles. The highest BCUT2D eigenvalue weighted by atomic mass is 79.9. The molecule has 1 aliphatic heterocycles. The Morgan fingerprint density at radius 2 is 2.17 bits per heavy atom. The Hall–Kier alpha value is -1.73. The van der Waals surface area contributed by atoms with E-state index in [-0.39, 0.29) is 5.91 Å². The van der Waals surface area contributed by atoms with E-state index in [9.17, 15) is 4.79 Å². The molecule has 1 aromatic heterocycles. The van der Waals surface area contributed by atoms with Crippen molar-refractivity contribution in [3.63, 3.8) is 0 Å². The van der Waals surface area contributed by atoms with Crippen molar-refractivity contribution in [3.05, 3.63) is 41.4 Å². The van der Waals surface area contributed by atoms with Crippen molar-refractivity contribution in [2.75, 3.05) is 25.0 Å². The first-order valence-electron chi connectivity index (χ1n) is 7.82. The average molecular weight is 378 g/mol. The van der Waals surface area contributed by atoms with E-state index < -0.39 is 0 Å². The third-order valence-corrected chi connectivity index (χ3v) is 4.62. The van der Waals surface area contributed by atoms with E-state index in [1.54, 1.807) is 12.7 Å². The van der Waals surface area contributed by atoms with E-state index in [4.69, 9.17) is 0 Å². The number of piperidine rings is 1. The maximum Gasteiger partial charge on any atom is 0.225 e. The molecule has 1 aliphatic rings. The van der Waals surface area contributed by atoms with Gasteiger partial charge in [0.1, 0.15) is 12.7 Å². The normalized spacial score (nSPS) is 16.4. The summed E-state index contributed by atoms with van der Waals surface area (Å²) in [6.07, 6.45) is 5.98. The molecule has 3 rings (SSSR count). The minimum Gasteiger partial charge on any atom is -0.326 e. The number of halogens is 1. The average Bonchev–Trinajstić information content (AvgIpc) is 3.08. The van der Waals surface area contributed by atoms with Crippen molar-refractivity contribution in [2.24, 2.45) is 0 Å². The molecule has 1 amide bonds. The quantitative estimate of drug-likeness (QED) is 0.869. The van der Waals surface area contributed by atoms with Gasteiger partial charge < -0.3 is 10.2 Å². The first-order valence-corrected chi connectivity index (χ1v) is 8.62. The first kappa shape index (κ1) is 16.1. The zero-order valence-electron chi connectivity index (χ0n) is 12.9. The molecule has 23 heavy (non-hydrogen) atoms. The lowest BCUT2D eigenvalue weighted by atomic mass is 10.1. The van der Waals surface area contributed by atoms with Crippen LogP contribution < -0.4 is 5.32 Å². The maximum atomic E-state index is 12.0. The standard InChI is InChI=1S/C16H20BrN5O/c17-13-2-1-3-14(10-13)20-16(23)6-9-21-7-4-15(5-8-21)22-12-18-11-19-22/h1-3,10-12,15H,4-9H2,(H,20,23). The van der Waals surface area contributed by atoms with Crippen LogP contribution >= 0.6 is 15.9 Å². The predicted molar refractivity (Wildman–Crippen MR) is 92.1 cm³/mol. The second-order valence-corrected chi connectivity index (χ2v) is 6.67. The summed E-state index contributed by atoms with van der Waals surface area (Å²) < 4.78 is 2.91. The van der Waals surface area contributed by atoms with Crippen LogP contribution in [0.3, 0.4) is 0 Å². The van der Waals surface area contributed by atoms with E-state index >= 15 is 0 Å². The van der Waals surface area contributed by atoms with Crippen molar-refractivity contribution in [1.82, 2.24) is 19.7 Å². The zero-order valence-corrected chi connectivity index (χ0v) is 14.4. The number of likely N-dealkylation sites (tertiary alicyclic amines) is 1. The lowest BCUT2D eigenvalue weighted by Gasteiger charge is -2.31. The molecule has 1 saturated heterocycles. The molecule has 0 spiro atoms. The Morgan fingerprint density at radius 1 is 1.35 bits per heavy atom. The molecule has 2 aromatic rings. The summed E-state index contributed by atoms with van der Waals surface area (Å²) in [5.74, 6) is 0.0569. The summed E-state index contributed by atoms with van der Waals surface area (Å²) in [6, 6.07) is 8.08. The van der Waals surface area contributed by atoms with Crippen LogP contribution in [0.15, 0.2) is 41.4 Å². The number of hydrogen-bond donors (Lipinski definition) is 1. The fraction of sp³-hybridized carbons (Fsp3) is 0.438. The molecule has 2 heterocycles. The molecule has 0 aliphatic carbocycles. The molecule has 7 heteroatoms. The van der Waals surface area contributed by atoms with E-state index in [0.29, 0.717) is 12.5 Å². The van der Waals surface area contributed by atoms with E-state index in [2.05, 4.69) is 36.2 Å². The van der Waals surface area contributed by atoms with Crippen LogP contribution in [-0.4, -0.2) is 45.2 Å². The van der Waals surface area contributed by atoms with Gasteiger partial charge in [-0.25, -0.2) is 9.67 Å². The van der Waals surface area contributed by atoms with Gasteiger partial charge in [-0.05, 0) is 31.0 Å². The number of carbonyl (C=O) groups excluding carboxylic acids is 1. The second kappa shape index (κ2) is 7.70. The van der Waals surface area contributed by atoms with Gasteiger partial charge in [0, 0.05) is 36.2 Å². The molecular weight excluding hydrogens is 358 g/mol. The molecule has 1 fully saturated rings. The van der Waals surface area contributed by atoms with E-state index in [1.807, 2.05) is 28.9 Å². The lowest BCUT2D eigenvalue weighted by molar-refractivity contribution is -0.116. The molecular formula is C16H20BrN5O. The Balaban J connectivity index is 1.40. The summed E-state index contributed by atoms with van der Waals surface area (Å²) >= 11 is 3.40. The number of benzene rings is 1. The minimum absolute atomic E-state index is 0.0569. The topological polar surface area (TPSA) is 63.1 Å². The number of aromatic nitrogens is 3. The Kier molecular flexibility index (Phi) is 5.40. The van der Waals surface area contributed by atoms with Gasteiger partial charge >= 0.3 is 0 Å². The number of amides is 1. The summed E-state index contributed by atoms with van der Waals surface area (Å²) in [5, 5.41) is 7.15. The van der Waals surface area contributed by atoms with Gasteiger partial charge in [0.2, 0.25) is 5.91 Å². The number of nitrogens with zero attached hydrogens (tertiary/aromatic N) is 4. The summed E-state index contributed by atoms with van der Waals surface area (Å²) in [6.45, 7) is 2.79. The largest absolute Gasteiger partial charge is 0.326 e. The van der Waals surface area contributed by atoms with Gasteiger partial charge in [0.05, 0.1) is 6.04 Å². The van der Waals surface area contributed by atoms with E-state index in [0.717, 1.165) is 42.6 Å². The van der Waals surface area contributed by atoms with Gasteiger partial charge in [-0.3, -0.25) is 4.79 Å². The van der Waals surface area contributed by atoms with Crippen molar-refractivity contribution < 1.29 is 4.79 Å². The van der Waals surface area contributed by atoms with Crippen LogP contribution in [0.25, 0.3) is 0 Å². The maximum absolute atomic E-state index is 12.0. The molecule has 122 valence electrons. The van der Waals surface area contributed by atoms with Gasteiger partial charge in [0.15, 0.2) is 0 Å². The number of anilines is 1. The lowest BCUT2D eigenvalue weighted by Crippen LogP contribution is -2.36. The highest BCUT2D eigenvalue weighted by molar-refractivity contribution is 9.10. The molecule has 6 nitrogen and oxygen atoms in total. The number of hydrogen-bond acceptors (Lipinski definition) is 4. The van der Waals surface area contributed by atoms with Crippen LogP contribution in [0.5, 0.6) is 0 Å². The van der Waals surface area contributed by atoms with Gasteiger partial charge in [-0.1, -0.05) is 22.0 Å². The minimum atomic E-state index is 0.0569. The van der Waals surface area contributed by atoms with Crippen LogP contribution in [0.1, 0.15) is 25.3 Å². The van der Waals surface area contributed by atoms with E-state index in [1.165, 1.54) is 0 Å². The number of rotatable bonds is 5. The number of nitrogens with one attached hydrogen (secondary N) is 1. The van der Waals surface area contributed by atoms with Crippen LogP contribution in [0.2, 0.25) is 0 Å². The zero-order chi connectivity index (χ0) is 16.1. The van der Waals surface area contributed by atoms with Crippen molar-refractivity contribution >= 4 is 27.5 Å². The fourth-order valence-electron chi connectivity index (χ4n) is 2.86. The van der Waals surface area contributed by atoms with Crippen LogP contribution in [0.4, 0.5) is 5.69 Å². The van der Waals surface area contributed by atoms with Gasteiger partial charge in [-0.2, -0.15) is 5.10 Å². The SMILES string of the molecule is O=C(CCN1CCC(n2cncn2)CC1)Nc1cccc(Br)c1. The Labute approximate surface area is 144 Å². The molecule has 0 atom stereocenters. The molecule has 0 unspecified atom stereocenters. The van der Waals surface area contributed by atoms with Crippen LogP contribution in [-0.2, 0) is 4.79 Å². The Bertz CT molecular complexity index is 638. The second-order valence-electron chi connectivity index (χ2n) is 5.76. The number of carbonyl (C=O) groups is 1. The van der Waals surface area contributed by atoms with Crippen molar-refractivity contribution in [3.8, 4) is 0 Å². The molecule has 1 N–H and O–H groups in total. The summed E-state index contributed by atoms with van der Waals surface area (Å²) in [7, 11) is 0. The first-order chi connectivity index (χ1) is 11.2. The van der Waals surface area contributed by atoms with Gasteiger partial charge in [-0.15, -0.1) is 0 Å². The molecule has 0 bridgehead atoms. The Morgan fingerprint density at radius 3 is 2.87 bits per heavy atom. The highest BCUT2D eigenvalue weighted by Crippen LogP contribution is 2.21. The predicted octanol–water partition coefficient (Wildman–Crippen LogP) is 2.71. The third kappa shape index (κ3) is 4.62. The molecule has 0 saturated carbocycles. The third-order valence-electron chi connectivity index (χ3n) is 4.13. The molecule has 0 radical (unpaired) electrons. The van der Waals surface area contributed by atoms with Crippen LogP contribution in [0, 0.1) is 0 Å².